The summed E-state index contributed by atoms with van der Waals surface area (Å²) in [7, 11) is 4.81. The van der Waals surface area contributed by atoms with Crippen molar-refractivity contribution in [1.29, 1.82) is 0 Å². The fourth-order valence-corrected chi connectivity index (χ4v) is 4.30. The van der Waals surface area contributed by atoms with E-state index >= 15 is 4.39 Å². The molecular formula is C20H23F3N4O. The Morgan fingerprint density at radius 2 is 1.86 bits per heavy atom. The third kappa shape index (κ3) is 2.15. The fourth-order valence-electron chi connectivity index (χ4n) is 4.30. The van der Waals surface area contributed by atoms with Crippen molar-refractivity contribution in [2.75, 3.05) is 37.0 Å². The second kappa shape index (κ2) is 5.76. The SMILES string of the molecule is C=C1N(C)c2c(c3cc(F)c(C)c(F)c3n(C)c2=O)N2CC(C)N(C)CC12F. The highest BCUT2D eigenvalue weighted by molar-refractivity contribution is 6.01. The summed E-state index contributed by atoms with van der Waals surface area (Å²) in [5.74, 6) is -3.53. The number of alkyl halides is 1. The number of aryl methyl sites for hydroxylation is 1. The van der Waals surface area contributed by atoms with Crippen molar-refractivity contribution in [3.8, 4) is 0 Å². The van der Waals surface area contributed by atoms with Crippen LogP contribution in [0.4, 0.5) is 24.5 Å². The second-order valence-corrected chi connectivity index (χ2v) is 7.89. The molecule has 2 aromatic rings. The molecule has 0 bridgehead atoms. The average molecular weight is 392 g/mol. The van der Waals surface area contributed by atoms with Crippen LogP contribution in [0, 0.1) is 18.6 Å². The fraction of sp³-hybridized carbons (Fsp3) is 0.450. The summed E-state index contributed by atoms with van der Waals surface area (Å²) in [6.07, 6.45) is 0. The van der Waals surface area contributed by atoms with Crippen LogP contribution in [0.2, 0.25) is 0 Å². The third-order valence-corrected chi connectivity index (χ3v) is 6.28. The first-order chi connectivity index (χ1) is 13.0. The van der Waals surface area contributed by atoms with Crippen LogP contribution < -0.4 is 15.4 Å². The Labute approximate surface area is 161 Å². The number of benzene rings is 1. The average Bonchev–Trinajstić information content (AvgIpc) is 2.63. The number of pyridine rings is 1. The molecule has 1 aromatic carbocycles. The molecular weight excluding hydrogens is 369 g/mol. The quantitative estimate of drug-likeness (QED) is 0.646. The maximum atomic E-state index is 16.3. The van der Waals surface area contributed by atoms with Gasteiger partial charge < -0.3 is 14.4 Å². The van der Waals surface area contributed by atoms with E-state index in [-0.39, 0.29) is 52.7 Å². The monoisotopic (exact) mass is 392 g/mol. The number of halogens is 3. The summed E-state index contributed by atoms with van der Waals surface area (Å²) in [4.78, 5) is 17.8. The lowest BCUT2D eigenvalue weighted by molar-refractivity contribution is 0.0702. The molecule has 2 aliphatic heterocycles. The summed E-state index contributed by atoms with van der Waals surface area (Å²) >= 11 is 0. The number of piperazine rings is 1. The van der Waals surface area contributed by atoms with Crippen molar-refractivity contribution in [3.05, 3.63) is 45.9 Å². The number of anilines is 2. The zero-order chi connectivity index (χ0) is 20.7. The van der Waals surface area contributed by atoms with Crippen molar-refractivity contribution in [2.45, 2.75) is 25.7 Å². The number of likely N-dealkylation sites (N-methyl/N-ethyl adjacent to an activating group) is 2. The Bertz CT molecular complexity index is 1100. The Kier molecular flexibility index (Phi) is 3.88. The minimum absolute atomic E-state index is 0.0211. The van der Waals surface area contributed by atoms with Crippen molar-refractivity contribution in [2.24, 2.45) is 7.05 Å². The number of rotatable bonds is 0. The van der Waals surface area contributed by atoms with E-state index in [4.69, 9.17) is 0 Å². The van der Waals surface area contributed by atoms with Gasteiger partial charge in [0.25, 0.3) is 5.56 Å². The van der Waals surface area contributed by atoms with E-state index in [0.29, 0.717) is 0 Å². The summed E-state index contributed by atoms with van der Waals surface area (Å²) < 4.78 is 46.8. The van der Waals surface area contributed by atoms with Crippen LogP contribution in [-0.4, -0.2) is 48.5 Å². The normalized spacial score (nSPS) is 25.3. The molecule has 2 unspecified atom stereocenters. The number of nitrogens with zero attached hydrogens (tertiary/aromatic N) is 4. The first-order valence-corrected chi connectivity index (χ1v) is 9.12. The summed E-state index contributed by atoms with van der Waals surface area (Å²) in [6.45, 7) is 7.44. The summed E-state index contributed by atoms with van der Waals surface area (Å²) in [6, 6.07) is 1.17. The van der Waals surface area contributed by atoms with Gasteiger partial charge in [-0.1, -0.05) is 6.58 Å². The van der Waals surface area contributed by atoms with Crippen LogP contribution >= 0.6 is 0 Å². The van der Waals surface area contributed by atoms with E-state index in [2.05, 4.69) is 6.58 Å². The molecule has 5 nitrogen and oxygen atoms in total. The first-order valence-electron chi connectivity index (χ1n) is 9.12. The van der Waals surface area contributed by atoms with Crippen molar-refractivity contribution < 1.29 is 13.2 Å². The Hall–Kier alpha value is -2.48. The lowest BCUT2D eigenvalue weighted by Crippen LogP contribution is -2.67. The Morgan fingerprint density at radius 3 is 2.50 bits per heavy atom. The molecule has 2 aliphatic rings. The van der Waals surface area contributed by atoms with Crippen LogP contribution in [0.5, 0.6) is 0 Å². The van der Waals surface area contributed by atoms with Gasteiger partial charge >= 0.3 is 0 Å². The van der Waals surface area contributed by atoms with Gasteiger partial charge in [-0.3, -0.25) is 9.69 Å². The molecule has 150 valence electrons. The molecule has 1 aromatic heterocycles. The van der Waals surface area contributed by atoms with Gasteiger partial charge in [0.05, 0.1) is 23.4 Å². The van der Waals surface area contributed by atoms with Gasteiger partial charge in [0.1, 0.15) is 11.5 Å². The molecule has 4 rings (SSSR count). The van der Waals surface area contributed by atoms with Crippen LogP contribution in [-0.2, 0) is 7.05 Å². The van der Waals surface area contributed by atoms with E-state index in [9.17, 15) is 13.6 Å². The molecule has 0 N–H and O–H groups in total. The maximum absolute atomic E-state index is 16.3. The third-order valence-electron chi connectivity index (χ3n) is 6.28. The highest BCUT2D eigenvalue weighted by Gasteiger charge is 2.52. The summed E-state index contributed by atoms with van der Waals surface area (Å²) in [5, 5.41) is 0.177. The molecule has 1 saturated heterocycles. The molecule has 28 heavy (non-hydrogen) atoms. The number of aromatic nitrogens is 1. The minimum Gasteiger partial charge on any atom is -0.338 e. The van der Waals surface area contributed by atoms with Crippen molar-refractivity contribution >= 4 is 22.3 Å². The van der Waals surface area contributed by atoms with E-state index < -0.39 is 23.0 Å². The smallest absolute Gasteiger partial charge is 0.276 e. The van der Waals surface area contributed by atoms with Crippen molar-refractivity contribution in [3.63, 3.8) is 0 Å². The van der Waals surface area contributed by atoms with Crippen molar-refractivity contribution in [1.82, 2.24) is 9.47 Å². The predicted octanol–water partition coefficient (Wildman–Crippen LogP) is 2.89. The molecule has 1 fully saturated rings. The molecule has 8 heteroatoms. The van der Waals surface area contributed by atoms with Gasteiger partial charge in [-0.05, 0) is 27.0 Å². The summed E-state index contributed by atoms with van der Waals surface area (Å²) in [5.41, 5.74) is -0.166. The van der Waals surface area contributed by atoms with Gasteiger partial charge in [-0.25, -0.2) is 13.2 Å². The van der Waals surface area contributed by atoms with Gasteiger partial charge in [-0.15, -0.1) is 0 Å². The lowest BCUT2D eigenvalue weighted by atomic mass is 9.94. The predicted molar refractivity (Wildman–Crippen MR) is 105 cm³/mol. The van der Waals surface area contributed by atoms with Crippen LogP contribution in [0.15, 0.2) is 23.1 Å². The zero-order valence-corrected chi connectivity index (χ0v) is 16.6. The molecule has 0 amide bonds. The van der Waals surface area contributed by atoms with Gasteiger partial charge in [-0.2, -0.15) is 0 Å². The highest BCUT2D eigenvalue weighted by Crippen LogP contribution is 2.49. The molecule has 0 aliphatic carbocycles. The van der Waals surface area contributed by atoms with E-state index in [0.717, 1.165) is 4.57 Å². The van der Waals surface area contributed by atoms with Gasteiger partial charge in [0, 0.05) is 37.6 Å². The maximum Gasteiger partial charge on any atom is 0.276 e. The van der Waals surface area contributed by atoms with Crippen LogP contribution in [0.1, 0.15) is 12.5 Å². The Balaban J connectivity index is 2.18. The topological polar surface area (TPSA) is 31.7 Å². The molecule has 0 spiro atoms. The zero-order valence-electron chi connectivity index (χ0n) is 16.6. The van der Waals surface area contributed by atoms with Gasteiger partial charge in [0.15, 0.2) is 5.82 Å². The lowest BCUT2D eigenvalue weighted by Gasteiger charge is -2.54. The highest BCUT2D eigenvalue weighted by atomic mass is 19.1. The first kappa shape index (κ1) is 18.9. The molecule has 0 saturated carbocycles. The Morgan fingerprint density at radius 1 is 1.21 bits per heavy atom. The largest absolute Gasteiger partial charge is 0.338 e. The minimum atomic E-state index is -1.99. The van der Waals surface area contributed by atoms with E-state index in [1.807, 2.05) is 18.9 Å². The van der Waals surface area contributed by atoms with E-state index in [1.54, 1.807) is 7.05 Å². The second-order valence-electron chi connectivity index (χ2n) is 7.89. The number of hydrogen-bond donors (Lipinski definition) is 0. The number of fused-ring (bicyclic) bond motifs is 5. The molecule has 2 atom stereocenters. The van der Waals surface area contributed by atoms with Crippen LogP contribution in [0.25, 0.3) is 10.9 Å². The number of hydrogen-bond acceptors (Lipinski definition) is 4. The van der Waals surface area contributed by atoms with Crippen LogP contribution in [0.3, 0.4) is 0 Å². The molecule has 3 heterocycles. The standard InChI is InChI=1S/C20H23F3N4O/c1-10-8-27-17-13-7-14(21)11(2)15(22)16(13)26(6)19(28)18(17)25(5)12(3)20(27,23)9-24(10)4/h7,10H,3,8-9H2,1-2,4-6H3. The molecule has 0 radical (unpaired) electrons. The van der Waals surface area contributed by atoms with E-state index in [1.165, 1.54) is 29.8 Å². The van der Waals surface area contributed by atoms with Gasteiger partial charge in [0.2, 0.25) is 5.79 Å².